The third-order valence-corrected chi connectivity index (χ3v) is 3.84. The molecule has 0 bridgehead atoms. The lowest BCUT2D eigenvalue weighted by atomic mass is 10.1. The molecule has 1 N–H and O–H groups in total. The Labute approximate surface area is 87.9 Å². The summed E-state index contributed by atoms with van der Waals surface area (Å²) in [5.41, 5.74) is 0.640. The normalized spacial score (nSPS) is 22.5. The van der Waals surface area contributed by atoms with Crippen molar-refractivity contribution in [1.29, 1.82) is 0 Å². The molecule has 1 aliphatic heterocycles. The second-order valence-electron chi connectivity index (χ2n) is 3.58. The third kappa shape index (κ3) is 2.51. The molecule has 1 saturated heterocycles. The Morgan fingerprint density at radius 1 is 1.57 bits per heavy atom. The molecule has 0 radical (unpaired) electrons. The van der Waals surface area contributed by atoms with E-state index in [4.69, 9.17) is 9.52 Å². The molecule has 0 spiro atoms. The minimum absolute atomic E-state index is 0.0265. The van der Waals surface area contributed by atoms with Crippen LogP contribution in [0.2, 0.25) is 0 Å². The van der Waals surface area contributed by atoms with Crippen LogP contribution in [-0.4, -0.2) is 21.1 Å². The van der Waals surface area contributed by atoms with Crippen LogP contribution < -0.4 is 0 Å². The number of nitrogens with zero attached hydrogens (tertiary/aromatic N) is 1. The highest BCUT2D eigenvalue weighted by Crippen LogP contribution is 2.27. The summed E-state index contributed by atoms with van der Waals surface area (Å²) in [6, 6.07) is 0. The Balaban J connectivity index is 1.89. The molecule has 0 aliphatic carbocycles. The van der Waals surface area contributed by atoms with Gasteiger partial charge in [0.2, 0.25) is 0 Å². The van der Waals surface area contributed by atoms with Crippen LogP contribution in [0.5, 0.6) is 0 Å². The van der Waals surface area contributed by atoms with E-state index in [2.05, 4.69) is 4.98 Å². The molecule has 1 aliphatic rings. The summed E-state index contributed by atoms with van der Waals surface area (Å²) in [7, 11) is 0. The topological polar surface area (TPSA) is 46.3 Å². The van der Waals surface area contributed by atoms with E-state index in [1.807, 2.05) is 11.8 Å². The maximum atomic E-state index is 8.83. The highest BCUT2D eigenvalue weighted by Gasteiger charge is 2.16. The second kappa shape index (κ2) is 4.84. The molecule has 2 heterocycles. The predicted molar refractivity (Wildman–Crippen MR) is 56.2 cm³/mol. The van der Waals surface area contributed by atoms with Crippen molar-refractivity contribution in [3.63, 3.8) is 0 Å². The van der Waals surface area contributed by atoms with Gasteiger partial charge in [-0.2, -0.15) is 11.8 Å². The molecule has 4 heteroatoms. The summed E-state index contributed by atoms with van der Waals surface area (Å²) in [6.45, 7) is -0.0265. The average molecular weight is 213 g/mol. The number of aliphatic hydroxyl groups excluding tert-OH is 1. The van der Waals surface area contributed by atoms with E-state index in [0.29, 0.717) is 10.9 Å². The molecule has 3 nitrogen and oxygen atoms in total. The van der Waals surface area contributed by atoms with E-state index >= 15 is 0 Å². The van der Waals surface area contributed by atoms with Crippen molar-refractivity contribution in [2.45, 2.75) is 37.5 Å². The maximum absolute atomic E-state index is 8.83. The van der Waals surface area contributed by atoms with Gasteiger partial charge in [-0.1, -0.05) is 6.42 Å². The van der Waals surface area contributed by atoms with Crippen molar-refractivity contribution < 1.29 is 9.52 Å². The van der Waals surface area contributed by atoms with Crippen LogP contribution >= 0.6 is 11.8 Å². The molecule has 1 atom stereocenters. The molecule has 1 unspecified atom stereocenters. The average Bonchev–Trinajstić information content (AvgIpc) is 2.67. The minimum Gasteiger partial charge on any atom is -0.449 e. The lowest BCUT2D eigenvalue weighted by Gasteiger charge is -2.19. The highest BCUT2D eigenvalue weighted by atomic mass is 32.2. The molecule has 1 aromatic heterocycles. The van der Waals surface area contributed by atoms with Crippen molar-refractivity contribution in [1.82, 2.24) is 4.98 Å². The van der Waals surface area contributed by atoms with Crippen LogP contribution in [0.1, 0.15) is 30.8 Å². The fraction of sp³-hybridized carbons (Fsp3) is 0.700. The van der Waals surface area contributed by atoms with E-state index in [9.17, 15) is 0 Å². The Bertz CT molecular complexity index is 281. The van der Waals surface area contributed by atoms with Crippen LogP contribution in [0.3, 0.4) is 0 Å². The molecule has 0 aromatic carbocycles. The quantitative estimate of drug-likeness (QED) is 0.834. The third-order valence-electron chi connectivity index (χ3n) is 2.44. The number of rotatable bonds is 3. The van der Waals surface area contributed by atoms with Gasteiger partial charge in [0, 0.05) is 11.7 Å². The Kier molecular flexibility index (Phi) is 3.48. The van der Waals surface area contributed by atoms with Gasteiger partial charge < -0.3 is 9.52 Å². The van der Waals surface area contributed by atoms with Gasteiger partial charge in [-0.3, -0.25) is 0 Å². The van der Waals surface area contributed by atoms with Gasteiger partial charge >= 0.3 is 0 Å². The molecule has 78 valence electrons. The molecule has 2 rings (SSSR count). The largest absolute Gasteiger partial charge is 0.449 e. The van der Waals surface area contributed by atoms with Crippen molar-refractivity contribution in [2.75, 3.05) is 5.75 Å². The SMILES string of the molecule is OCc1coc(CC2CCCCS2)n1. The Hall–Kier alpha value is -0.480. The molecular formula is C10H15NO2S. The van der Waals surface area contributed by atoms with Crippen LogP contribution in [0.4, 0.5) is 0 Å². The predicted octanol–water partition coefficient (Wildman–Crippen LogP) is 2.00. The second-order valence-corrected chi connectivity index (χ2v) is 4.99. The number of aliphatic hydroxyl groups is 1. The van der Waals surface area contributed by atoms with Crippen molar-refractivity contribution >= 4 is 11.8 Å². The summed E-state index contributed by atoms with van der Waals surface area (Å²) in [5, 5.41) is 9.49. The van der Waals surface area contributed by atoms with Gasteiger partial charge in [0.25, 0.3) is 0 Å². The molecule has 0 amide bonds. The van der Waals surface area contributed by atoms with E-state index < -0.39 is 0 Å². The number of hydrogen-bond acceptors (Lipinski definition) is 4. The summed E-state index contributed by atoms with van der Waals surface area (Å²) in [5.74, 6) is 2.03. The first-order valence-corrected chi connectivity index (χ1v) is 6.09. The smallest absolute Gasteiger partial charge is 0.195 e. The number of thioether (sulfide) groups is 1. The maximum Gasteiger partial charge on any atom is 0.195 e. The number of oxazole rings is 1. The van der Waals surface area contributed by atoms with Crippen LogP contribution in [0, 0.1) is 0 Å². The Morgan fingerprint density at radius 2 is 2.50 bits per heavy atom. The number of hydrogen-bond donors (Lipinski definition) is 1. The van der Waals surface area contributed by atoms with Crippen LogP contribution in [-0.2, 0) is 13.0 Å². The van der Waals surface area contributed by atoms with E-state index in [1.165, 1.54) is 25.0 Å². The van der Waals surface area contributed by atoms with E-state index in [-0.39, 0.29) is 6.61 Å². The molecule has 0 saturated carbocycles. The fourth-order valence-electron chi connectivity index (χ4n) is 1.68. The zero-order valence-electron chi connectivity index (χ0n) is 8.11. The lowest BCUT2D eigenvalue weighted by molar-refractivity contribution is 0.276. The standard InChI is InChI=1S/C10H15NO2S/c12-6-8-7-13-10(11-8)5-9-3-1-2-4-14-9/h7,9,12H,1-6H2. The number of aromatic nitrogens is 1. The summed E-state index contributed by atoms with van der Waals surface area (Å²) >= 11 is 2.01. The monoisotopic (exact) mass is 213 g/mol. The first-order valence-electron chi connectivity index (χ1n) is 5.04. The summed E-state index contributed by atoms with van der Waals surface area (Å²) < 4.78 is 5.27. The molecule has 14 heavy (non-hydrogen) atoms. The summed E-state index contributed by atoms with van der Waals surface area (Å²) in [6.07, 6.45) is 6.38. The van der Waals surface area contributed by atoms with Crippen LogP contribution in [0.25, 0.3) is 0 Å². The van der Waals surface area contributed by atoms with E-state index in [0.717, 1.165) is 12.3 Å². The molecular weight excluding hydrogens is 198 g/mol. The van der Waals surface area contributed by atoms with Gasteiger partial charge in [0.1, 0.15) is 12.0 Å². The molecule has 1 aromatic rings. The Morgan fingerprint density at radius 3 is 3.14 bits per heavy atom. The van der Waals surface area contributed by atoms with Gasteiger partial charge in [-0.25, -0.2) is 4.98 Å². The van der Waals surface area contributed by atoms with Crippen molar-refractivity contribution in [3.8, 4) is 0 Å². The fourth-order valence-corrected chi connectivity index (χ4v) is 2.98. The first-order chi connectivity index (χ1) is 6.88. The van der Waals surface area contributed by atoms with Crippen molar-refractivity contribution in [3.05, 3.63) is 17.8 Å². The van der Waals surface area contributed by atoms with Crippen molar-refractivity contribution in [2.24, 2.45) is 0 Å². The highest BCUT2D eigenvalue weighted by molar-refractivity contribution is 7.99. The van der Waals surface area contributed by atoms with Gasteiger partial charge in [-0.15, -0.1) is 0 Å². The van der Waals surface area contributed by atoms with E-state index in [1.54, 1.807) is 6.26 Å². The zero-order chi connectivity index (χ0) is 9.80. The first kappa shape index (κ1) is 10.1. The van der Waals surface area contributed by atoms with Gasteiger partial charge in [0.15, 0.2) is 5.89 Å². The zero-order valence-corrected chi connectivity index (χ0v) is 8.92. The van der Waals surface area contributed by atoms with Gasteiger partial charge in [0.05, 0.1) is 6.61 Å². The van der Waals surface area contributed by atoms with Crippen LogP contribution in [0.15, 0.2) is 10.7 Å². The molecule has 1 fully saturated rings. The van der Waals surface area contributed by atoms with Gasteiger partial charge in [-0.05, 0) is 18.6 Å². The minimum atomic E-state index is -0.0265. The summed E-state index contributed by atoms with van der Waals surface area (Å²) in [4.78, 5) is 4.19. The lowest BCUT2D eigenvalue weighted by Crippen LogP contribution is -2.12.